The summed E-state index contributed by atoms with van der Waals surface area (Å²) in [6, 6.07) is 7.09. The summed E-state index contributed by atoms with van der Waals surface area (Å²) in [6.07, 6.45) is 0.153. The largest absolute Gasteiger partial charge is 0.354 e. The number of rotatable bonds is 6. The van der Waals surface area contributed by atoms with Gasteiger partial charge in [-0.25, -0.2) is 0 Å². The van der Waals surface area contributed by atoms with E-state index in [4.69, 9.17) is 0 Å². The van der Waals surface area contributed by atoms with E-state index in [1.165, 1.54) is 0 Å². The first-order chi connectivity index (χ1) is 10.6. The van der Waals surface area contributed by atoms with Crippen molar-refractivity contribution in [3.63, 3.8) is 0 Å². The van der Waals surface area contributed by atoms with Crippen molar-refractivity contribution in [2.75, 3.05) is 6.54 Å². The molecule has 2 amide bonds. The summed E-state index contributed by atoms with van der Waals surface area (Å²) in [6.45, 7) is 10.1. The first-order valence-corrected chi connectivity index (χ1v) is 7.83. The molecule has 0 heterocycles. The second-order valence-electron chi connectivity index (χ2n) is 6.88. The third-order valence-electron chi connectivity index (χ3n) is 3.31. The highest BCUT2D eigenvalue weighted by atomic mass is 16.2. The summed E-state index contributed by atoms with van der Waals surface area (Å²) in [7, 11) is 0. The summed E-state index contributed by atoms with van der Waals surface area (Å²) in [5.74, 6) is -1.43. The van der Waals surface area contributed by atoms with E-state index in [-0.39, 0.29) is 30.3 Å². The van der Waals surface area contributed by atoms with Gasteiger partial charge in [0, 0.05) is 24.6 Å². The van der Waals surface area contributed by atoms with Crippen LogP contribution in [-0.2, 0) is 15.0 Å². The Kier molecular flexibility index (Phi) is 6.49. The molecule has 0 aromatic heterocycles. The molecule has 0 unspecified atom stereocenters. The molecule has 23 heavy (non-hydrogen) atoms. The van der Waals surface area contributed by atoms with E-state index in [0.29, 0.717) is 5.56 Å². The molecule has 0 fully saturated rings. The number of carbonyl (C=O) groups is 3. The van der Waals surface area contributed by atoms with Gasteiger partial charge in [0.25, 0.3) is 5.91 Å². The van der Waals surface area contributed by atoms with Crippen LogP contribution in [0.4, 0.5) is 0 Å². The maximum Gasteiger partial charge on any atom is 0.292 e. The Morgan fingerprint density at radius 1 is 1.04 bits per heavy atom. The van der Waals surface area contributed by atoms with Gasteiger partial charge in [0.15, 0.2) is 0 Å². The predicted molar refractivity (Wildman–Crippen MR) is 90.4 cm³/mol. The highest BCUT2D eigenvalue weighted by Crippen LogP contribution is 2.22. The third-order valence-corrected chi connectivity index (χ3v) is 3.31. The Hall–Kier alpha value is -2.17. The van der Waals surface area contributed by atoms with Crippen molar-refractivity contribution in [3.05, 3.63) is 35.4 Å². The lowest BCUT2D eigenvalue weighted by molar-refractivity contribution is -0.121. The Morgan fingerprint density at radius 2 is 1.61 bits per heavy atom. The van der Waals surface area contributed by atoms with Gasteiger partial charge in [-0.1, -0.05) is 45.0 Å². The number of carbonyl (C=O) groups excluding carboxylic acids is 3. The van der Waals surface area contributed by atoms with E-state index in [2.05, 4.69) is 31.4 Å². The number of benzene rings is 1. The number of hydrogen-bond donors (Lipinski definition) is 2. The standard InChI is InChI=1S/C18H26N2O3/c1-12(2)20-15(21)10-11-19-17(23)16(22)13-6-8-14(9-7-13)18(3,4)5/h6-9,12H,10-11H2,1-5H3,(H,19,23)(H,20,21). The van der Waals surface area contributed by atoms with Crippen LogP contribution in [0.1, 0.15) is 57.0 Å². The summed E-state index contributed by atoms with van der Waals surface area (Å²) in [5.41, 5.74) is 1.44. The average molecular weight is 318 g/mol. The first-order valence-electron chi connectivity index (χ1n) is 7.83. The summed E-state index contributed by atoms with van der Waals surface area (Å²) >= 11 is 0. The Morgan fingerprint density at radius 3 is 2.09 bits per heavy atom. The minimum absolute atomic E-state index is 0.00634. The van der Waals surface area contributed by atoms with E-state index in [1.54, 1.807) is 12.1 Å². The van der Waals surface area contributed by atoms with Crippen molar-refractivity contribution in [3.8, 4) is 0 Å². The van der Waals surface area contributed by atoms with Crippen molar-refractivity contribution < 1.29 is 14.4 Å². The van der Waals surface area contributed by atoms with Crippen molar-refractivity contribution in [1.82, 2.24) is 10.6 Å². The fraction of sp³-hybridized carbons (Fsp3) is 0.500. The molecule has 1 aromatic rings. The second-order valence-corrected chi connectivity index (χ2v) is 6.88. The van der Waals surface area contributed by atoms with E-state index in [9.17, 15) is 14.4 Å². The van der Waals surface area contributed by atoms with Crippen LogP contribution in [0.5, 0.6) is 0 Å². The molecular weight excluding hydrogens is 292 g/mol. The van der Waals surface area contributed by atoms with Gasteiger partial charge in [0.2, 0.25) is 11.7 Å². The smallest absolute Gasteiger partial charge is 0.292 e. The molecule has 0 aliphatic heterocycles. The molecule has 5 nitrogen and oxygen atoms in total. The molecular formula is C18H26N2O3. The van der Waals surface area contributed by atoms with Crippen LogP contribution in [0.15, 0.2) is 24.3 Å². The lowest BCUT2D eigenvalue weighted by Gasteiger charge is -2.18. The van der Waals surface area contributed by atoms with Crippen LogP contribution >= 0.6 is 0 Å². The van der Waals surface area contributed by atoms with Crippen LogP contribution in [0, 0.1) is 0 Å². The molecule has 0 spiro atoms. The zero-order chi connectivity index (χ0) is 17.6. The van der Waals surface area contributed by atoms with E-state index in [1.807, 2.05) is 26.0 Å². The summed E-state index contributed by atoms with van der Waals surface area (Å²) in [5, 5.41) is 5.20. The number of hydrogen-bond acceptors (Lipinski definition) is 3. The van der Waals surface area contributed by atoms with Gasteiger partial charge in [-0.05, 0) is 24.8 Å². The van der Waals surface area contributed by atoms with Crippen LogP contribution in [0.3, 0.4) is 0 Å². The molecule has 0 atom stereocenters. The monoisotopic (exact) mass is 318 g/mol. The lowest BCUT2D eigenvalue weighted by atomic mass is 9.86. The van der Waals surface area contributed by atoms with Crippen molar-refractivity contribution in [1.29, 1.82) is 0 Å². The zero-order valence-electron chi connectivity index (χ0n) is 14.5. The minimum Gasteiger partial charge on any atom is -0.354 e. The van der Waals surface area contributed by atoms with E-state index in [0.717, 1.165) is 5.56 Å². The molecule has 1 aromatic carbocycles. The maximum absolute atomic E-state index is 12.0. The molecule has 0 radical (unpaired) electrons. The Balaban J connectivity index is 2.54. The van der Waals surface area contributed by atoms with Crippen molar-refractivity contribution in [2.45, 2.75) is 52.5 Å². The molecule has 5 heteroatoms. The Bertz CT molecular complexity index is 569. The molecule has 0 aliphatic carbocycles. The molecule has 1 rings (SSSR count). The number of Topliss-reactive ketones (excluding diaryl/α,β-unsaturated/α-hetero) is 1. The first kappa shape index (κ1) is 18.9. The highest BCUT2D eigenvalue weighted by molar-refractivity contribution is 6.42. The SMILES string of the molecule is CC(C)NC(=O)CCNC(=O)C(=O)c1ccc(C(C)(C)C)cc1. The summed E-state index contributed by atoms with van der Waals surface area (Å²) < 4.78 is 0. The molecule has 0 saturated heterocycles. The highest BCUT2D eigenvalue weighted by Gasteiger charge is 2.18. The molecule has 126 valence electrons. The fourth-order valence-corrected chi connectivity index (χ4v) is 2.02. The second kappa shape index (κ2) is 7.90. The fourth-order valence-electron chi connectivity index (χ4n) is 2.02. The minimum atomic E-state index is -0.689. The van der Waals surface area contributed by atoms with Crippen molar-refractivity contribution >= 4 is 17.6 Å². The molecule has 0 bridgehead atoms. The zero-order valence-corrected chi connectivity index (χ0v) is 14.5. The van der Waals surface area contributed by atoms with Crippen LogP contribution < -0.4 is 10.6 Å². The predicted octanol–water partition coefficient (Wildman–Crippen LogP) is 2.20. The van der Waals surface area contributed by atoms with Crippen LogP contribution in [-0.4, -0.2) is 30.2 Å². The average Bonchev–Trinajstić information content (AvgIpc) is 2.44. The third kappa shape index (κ3) is 6.22. The Labute approximate surface area is 137 Å². The summed E-state index contributed by atoms with van der Waals surface area (Å²) in [4.78, 5) is 35.3. The van der Waals surface area contributed by atoms with Gasteiger partial charge in [0.1, 0.15) is 0 Å². The van der Waals surface area contributed by atoms with Gasteiger partial charge in [-0.3, -0.25) is 14.4 Å². The topological polar surface area (TPSA) is 75.3 Å². The van der Waals surface area contributed by atoms with Gasteiger partial charge in [0.05, 0.1) is 0 Å². The number of ketones is 1. The molecule has 0 aliphatic rings. The normalized spacial score (nSPS) is 11.2. The quantitative estimate of drug-likeness (QED) is 0.623. The van der Waals surface area contributed by atoms with Crippen molar-refractivity contribution in [2.24, 2.45) is 0 Å². The maximum atomic E-state index is 12.0. The molecule has 2 N–H and O–H groups in total. The number of nitrogens with one attached hydrogen (secondary N) is 2. The van der Waals surface area contributed by atoms with Gasteiger partial charge < -0.3 is 10.6 Å². The molecule has 0 saturated carbocycles. The van der Waals surface area contributed by atoms with Gasteiger partial charge in [-0.2, -0.15) is 0 Å². The lowest BCUT2D eigenvalue weighted by Crippen LogP contribution is -2.36. The van der Waals surface area contributed by atoms with E-state index < -0.39 is 11.7 Å². The number of amides is 2. The van der Waals surface area contributed by atoms with Crippen LogP contribution in [0.25, 0.3) is 0 Å². The van der Waals surface area contributed by atoms with Gasteiger partial charge in [-0.15, -0.1) is 0 Å². The van der Waals surface area contributed by atoms with E-state index >= 15 is 0 Å². The van der Waals surface area contributed by atoms with Gasteiger partial charge >= 0.3 is 0 Å². The van der Waals surface area contributed by atoms with Crippen LogP contribution in [0.2, 0.25) is 0 Å².